The van der Waals surface area contributed by atoms with E-state index in [-0.39, 0.29) is 18.9 Å². The highest BCUT2D eigenvalue weighted by Gasteiger charge is 2.31. The minimum absolute atomic E-state index is 0.0774. The fourth-order valence-corrected chi connectivity index (χ4v) is 1.62. The summed E-state index contributed by atoms with van der Waals surface area (Å²) in [7, 11) is 0. The van der Waals surface area contributed by atoms with Crippen molar-refractivity contribution < 1.29 is 24.6 Å². The zero-order chi connectivity index (χ0) is 13.6. The summed E-state index contributed by atoms with van der Waals surface area (Å²) in [5.41, 5.74) is 0. The van der Waals surface area contributed by atoms with Crippen LogP contribution in [0.1, 0.15) is 33.6 Å². The second-order valence-electron chi connectivity index (χ2n) is 4.02. The summed E-state index contributed by atoms with van der Waals surface area (Å²) in [5.74, 6) is -2.78. The Bertz CT molecular complexity index is 302. The van der Waals surface area contributed by atoms with Crippen molar-refractivity contribution in [3.8, 4) is 0 Å². The zero-order valence-corrected chi connectivity index (χ0v) is 10.3. The van der Waals surface area contributed by atoms with Gasteiger partial charge in [0.2, 0.25) is 5.91 Å². The molecular weight excluding hydrogens is 226 g/mol. The van der Waals surface area contributed by atoms with E-state index in [0.29, 0.717) is 6.42 Å². The van der Waals surface area contributed by atoms with E-state index in [2.05, 4.69) is 0 Å². The lowest BCUT2D eigenvalue weighted by Crippen LogP contribution is -2.48. The van der Waals surface area contributed by atoms with Crippen molar-refractivity contribution >= 4 is 17.8 Å². The van der Waals surface area contributed by atoms with Gasteiger partial charge in [-0.1, -0.05) is 20.3 Å². The van der Waals surface area contributed by atoms with Crippen LogP contribution in [0.4, 0.5) is 0 Å². The monoisotopic (exact) mass is 245 g/mol. The number of carbonyl (C=O) groups excluding carboxylic acids is 1. The largest absolute Gasteiger partial charge is 0.481 e. The van der Waals surface area contributed by atoms with Gasteiger partial charge in [-0.3, -0.25) is 9.59 Å². The van der Waals surface area contributed by atoms with Crippen molar-refractivity contribution in [2.24, 2.45) is 5.92 Å². The molecule has 6 heteroatoms. The molecule has 6 nitrogen and oxygen atoms in total. The molecule has 0 rings (SSSR count). The molecule has 0 aliphatic carbocycles. The van der Waals surface area contributed by atoms with Crippen LogP contribution in [0.2, 0.25) is 0 Å². The Labute approximate surface area is 100 Å². The number of nitrogens with zero attached hydrogens (tertiary/aromatic N) is 1. The third kappa shape index (κ3) is 4.84. The first kappa shape index (κ1) is 15.4. The first-order valence-corrected chi connectivity index (χ1v) is 5.53. The first-order chi connectivity index (χ1) is 7.81. The van der Waals surface area contributed by atoms with E-state index < -0.39 is 23.9 Å². The second kappa shape index (κ2) is 6.88. The van der Waals surface area contributed by atoms with Gasteiger partial charge in [0, 0.05) is 13.5 Å². The number of hydrogen-bond donors (Lipinski definition) is 2. The Hall–Kier alpha value is -1.59. The number of carboxylic acid groups (broad SMARTS) is 2. The van der Waals surface area contributed by atoms with E-state index in [1.807, 2.05) is 6.92 Å². The van der Waals surface area contributed by atoms with Gasteiger partial charge in [0.25, 0.3) is 0 Å². The van der Waals surface area contributed by atoms with Crippen molar-refractivity contribution in [3.05, 3.63) is 0 Å². The molecule has 98 valence electrons. The van der Waals surface area contributed by atoms with Gasteiger partial charge < -0.3 is 15.1 Å². The molecule has 2 unspecified atom stereocenters. The summed E-state index contributed by atoms with van der Waals surface area (Å²) < 4.78 is 0. The van der Waals surface area contributed by atoms with Gasteiger partial charge in [0.05, 0.1) is 6.42 Å². The quantitative estimate of drug-likeness (QED) is 0.692. The van der Waals surface area contributed by atoms with E-state index >= 15 is 0 Å². The highest BCUT2D eigenvalue weighted by molar-refractivity contribution is 5.83. The molecule has 0 saturated carbocycles. The molecule has 2 N–H and O–H groups in total. The molecule has 0 aromatic rings. The van der Waals surface area contributed by atoms with Crippen LogP contribution in [0, 0.1) is 5.92 Å². The van der Waals surface area contributed by atoms with Gasteiger partial charge in [0.1, 0.15) is 6.04 Å². The van der Waals surface area contributed by atoms with Crippen LogP contribution in [0.15, 0.2) is 0 Å². The Balaban J connectivity index is 4.90. The molecule has 0 bridgehead atoms. The maximum Gasteiger partial charge on any atom is 0.326 e. The van der Waals surface area contributed by atoms with Crippen LogP contribution in [0.5, 0.6) is 0 Å². The number of carboxylic acids is 2. The van der Waals surface area contributed by atoms with E-state index in [4.69, 9.17) is 10.2 Å². The Morgan fingerprint density at radius 2 is 1.76 bits per heavy atom. The lowest BCUT2D eigenvalue weighted by Gasteiger charge is -2.31. The van der Waals surface area contributed by atoms with Gasteiger partial charge in [-0.05, 0) is 5.92 Å². The molecular formula is C11H19NO5. The highest BCUT2D eigenvalue weighted by atomic mass is 16.4. The fourth-order valence-electron chi connectivity index (χ4n) is 1.62. The molecule has 0 aromatic carbocycles. The smallest absolute Gasteiger partial charge is 0.326 e. The van der Waals surface area contributed by atoms with Crippen LogP contribution >= 0.6 is 0 Å². The zero-order valence-electron chi connectivity index (χ0n) is 10.3. The molecule has 2 atom stereocenters. The third-order valence-electron chi connectivity index (χ3n) is 2.74. The number of carbonyl (C=O) groups is 3. The minimum atomic E-state index is -1.10. The Morgan fingerprint density at radius 3 is 2.06 bits per heavy atom. The Kier molecular flexibility index (Phi) is 6.23. The predicted molar refractivity (Wildman–Crippen MR) is 60.5 cm³/mol. The topological polar surface area (TPSA) is 94.9 Å². The van der Waals surface area contributed by atoms with Crippen LogP contribution < -0.4 is 0 Å². The van der Waals surface area contributed by atoms with Crippen molar-refractivity contribution in [2.45, 2.75) is 39.7 Å². The maximum absolute atomic E-state index is 11.4. The highest BCUT2D eigenvalue weighted by Crippen LogP contribution is 2.16. The predicted octanol–water partition coefficient (Wildman–Crippen LogP) is 0.809. The molecule has 0 aliphatic heterocycles. The van der Waals surface area contributed by atoms with E-state index in [0.717, 1.165) is 4.90 Å². The van der Waals surface area contributed by atoms with Gasteiger partial charge >= 0.3 is 11.9 Å². The number of rotatable bonds is 7. The molecule has 0 spiro atoms. The standard InChI is InChI=1S/C11H19NO5/c1-4-7(2)10(11(16)17)12(8(3)13)6-5-9(14)15/h7,10H,4-6H2,1-3H3,(H,14,15)(H,16,17). The molecule has 0 radical (unpaired) electrons. The summed E-state index contributed by atoms with van der Waals surface area (Å²) in [6, 6.07) is -0.961. The maximum atomic E-state index is 11.4. The van der Waals surface area contributed by atoms with E-state index in [1.54, 1.807) is 6.92 Å². The molecule has 0 fully saturated rings. The van der Waals surface area contributed by atoms with Crippen LogP contribution in [0.3, 0.4) is 0 Å². The summed E-state index contributed by atoms with van der Waals surface area (Å²) >= 11 is 0. The van der Waals surface area contributed by atoms with Crippen LogP contribution in [-0.4, -0.2) is 45.5 Å². The molecule has 0 aromatic heterocycles. The van der Waals surface area contributed by atoms with Gasteiger partial charge in [-0.25, -0.2) is 4.79 Å². The number of aliphatic carboxylic acids is 2. The fraction of sp³-hybridized carbons (Fsp3) is 0.727. The summed E-state index contributed by atoms with van der Waals surface area (Å²) in [6.07, 6.45) is 0.355. The molecule has 1 amide bonds. The van der Waals surface area contributed by atoms with Crippen LogP contribution in [0.25, 0.3) is 0 Å². The van der Waals surface area contributed by atoms with E-state index in [1.165, 1.54) is 6.92 Å². The lowest BCUT2D eigenvalue weighted by atomic mass is 9.97. The Morgan fingerprint density at radius 1 is 1.24 bits per heavy atom. The first-order valence-electron chi connectivity index (χ1n) is 5.53. The van der Waals surface area contributed by atoms with Crippen LogP contribution in [-0.2, 0) is 14.4 Å². The van der Waals surface area contributed by atoms with Gasteiger partial charge in [0.15, 0.2) is 0 Å². The van der Waals surface area contributed by atoms with Gasteiger partial charge in [-0.2, -0.15) is 0 Å². The molecule has 0 saturated heterocycles. The second-order valence-corrected chi connectivity index (χ2v) is 4.02. The van der Waals surface area contributed by atoms with E-state index in [9.17, 15) is 14.4 Å². The summed E-state index contributed by atoms with van der Waals surface area (Å²) in [4.78, 5) is 34.1. The van der Waals surface area contributed by atoms with Crippen molar-refractivity contribution in [1.29, 1.82) is 0 Å². The average molecular weight is 245 g/mol. The summed E-state index contributed by atoms with van der Waals surface area (Å²) in [6.45, 7) is 4.73. The van der Waals surface area contributed by atoms with Crippen molar-refractivity contribution in [3.63, 3.8) is 0 Å². The normalized spacial score (nSPS) is 13.8. The number of hydrogen-bond acceptors (Lipinski definition) is 3. The average Bonchev–Trinajstić information content (AvgIpc) is 2.21. The van der Waals surface area contributed by atoms with Crippen molar-refractivity contribution in [1.82, 2.24) is 4.90 Å². The molecule has 0 aliphatic rings. The lowest BCUT2D eigenvalue weighted by molar-refractivity contribution is -0.153. The molecule has 17 heavy (non-hydrogen) atoms. The van der Waals surface area contributed by atoms with Gasteiger partial charge in [-0.15, -0.1) is 0 Å². The third-order valence-corrected chi connectivity index (χ3v) is 2.74. The minimum Gasteiger partial charge on any atom is -0.481 e. The van der Waals surface area contributed by atoms with Crippen molar-refractivity contribution in [2.75, 3.05) is 6.54 Å². The molecule has 0 heterocycles. The summed E-state index contributed by atoms with van der Waals surface area (Å²) in [5, 5.41) is 17.7. The SMILES string of the molecule is CCC(C)C(C(=O)O)N(CCC(=O)O)C(C)=O. The number of amides is 1.